The highest BCUT2D eigenvalue weighted by molar-refractivity contribution is 5.59. The minimum absolute atomic E-state index is 0.225. The first-order valence-corrected chi connectivity index (χ1v) is 7.39. The third-order valence-corrected chi connectivity index (χ3v) is 4.43. The largest absolute Gasteiger partial charge is 0.399 e. The lowest BCUT2D eigenvalue weighted by molar-refractivity contribution is 0.194. The average molecular weight is 289 g/mol. The molecule has 1 aliphatic rings. The summed E-state index contributed by atoms with van der Waals surface area (Å²) in [5, 5.41) is 11.9. The molecule has 0 saturated heterocycles. The molecule has 1 fully saturated rings. The van der Waals surface area contributed by atoms with Gasteiger partial charge in [0.05, 0.1) is 11.6 Å². The summed E-state index contributed by atoms with van der Waals surface area (Å²) in [4.78, 5) is 0. The van der Waals surface area contributed by atoms with Gasteiger partial charge in [0.2, 0.25) is 0 Å². The molecule has 3 rings (SSSR count). The molecule has 21 heavy (non-hydrogen) atoms. The highest BCUT2D eigenvalue weighted by atomic mass is 19.1. The van der Waals surface area contributed by atoms with Gasteiger partial charge in [-0.3, -0.25) is 0 Å². The molecular formula is C15H20FN5. The zero-order valence-corrected chi connectivity index (χ0v) is 12.3. The third-order valence-electron chi connectivity index (χ3n) is 4.43. The molecule has 0 aliphatic heterocycles. The number of nitrogens with two attached hydrogens (primary N) is 1. The van der Waals surface area contributed by atoms with E-state index >= 15 is 0 Å². The van der Waals surface area contributed by atoms with Gasteiger partial charge in [0.25, 0.3) is 0 Å². The maximum absolute atomic E-state index is 14.1. The molecule has 2 aromatic rings. The van der Waals surface area contributed by atoms with Crippen LogP contribution in [0.15, 0.2) is 18.2 Å². The molecule has 1 aliphatic carbocycles. The van der Waals surface area contributed by atoms with Crippen molar-refractivity contribution in [1.82, 2.24) is 20.2 Å². The van der Waals surface area contributed by atoms with Crippen molar-refractivity contribution in [3.63, 3.8) is 0 Å². The first-order valence-electron chi connectivity index (χ1n) is 7.39. The van der Waals surface area contributed by atoms with Crippen LogP contribution in [0.25, 0.3) is 11.4 Å². The summed E-state index contributed by atoms with van der Waals surface area (Å²) in [6, 6.07) is 4.84. The van der Waals surface area contributed by atoms with Gasteiger partial charge in [0.1, 0.15) is 5.82 Å². The van der Waals surface area contributed by atoms with Gasteiger partial charge in [0.15, 0.2) is 5.82 Å². The highest BCUT2D eigenvalue weighted by Crippen LogP contribution is 2.38. The van der Waals surface area contributed by atoms with Crippen LogP contribution in [0.5, 0.6) is 0 Å². The van der Waals surface area contributed by atoms with Crippen LogP contribution >= 0.6 is 0 Å². The molecule has 0 amide bonds. The molecule has 2 N–H and O–H groups in total. The first-order chi connectivity index (χ1) is 10.1. The van der Waals surface area contributed by atoms with Crippen LogP contribution in [0.4, 0.5) is 10.1 Å². The molecule has 0 spiro atoms. The van der Waals surface area contributed by atoms with E-state index in [2.05, 4.69) is 29.4 Å². The van der Waals surface area contributed by atoms with E-state index < -0.39 is 0 Å². The molecule has 0 bridgehead atoms. The Kier molecular flexibility index (Phi) is 3.61. The fraction of sp³-hybridized carbons (Fsp3) is 0.533. The van der Waals surface area contributed by atoms with Crippen molar-refractivity contribution in [3.8, 4) is 11.4 Å². The topological polar surface area (TPSA) is 69.6 Å². The second-order valence-electron chi connectivity index (χ2n) is 6.15. The van der Waals surface area contributed by atoms with E-state index in [1.807, 2.05) is 0 Å². The number of hydrogen-bond acceptors (Lipinski definition) is 4. The van der Waals surface area contributed by atoms with Crippen molar-refractivity contribution >= 4 is 5.69 Å². The Morgan fingerprint density at radius 3 is 2.81 bits per heavy atom. The Hall–Kier alpha value is -1.98. The molecule has 1 aromatic carbocycles. The van der Waals surface area contributed by atoms with E-state index in [0.29, 0.717) is 23.0 Å². The van der Waals surface area contributed by atoms with Crippen molar-refractivity contribution < 1.29 is 4.39 Å². The van der Waals surface area contributed by atoms with Crippen LogP contribution in [-0.4, -0.2) is 20.2 Å². The minimum Gasteiger partial charge on any atom is -0.399 e. The number of nitrogen functional groups attached to an aromatic ring is 1. The smallest absolute Gasteiger partial charge is 0.185 e. The molecular weight excluding hydrogens is 269 g/mol. The van der Waals surface area contributed by atoms with E-state index in [1.54, 1.807) is 16.8 Å². The molecule has 3 atom stereocenters. The Bertz CT molecular complexity index is 639. The van der Waals surface area contributed by atoms with Crippen LogP contribution in [0, 0.1) is 17.7 Å². The molecule has 1 saturated carbocycles. The van der Waals surface area contributed by atoms with Crippen molar-refractivity contribution in [1.29, 1.82) is 0 Å². The maximum atomic E-state index is 14.1. The highest BCUT2D eigenvalue weighted by Gasteiger charge is 2.30. The molecule has 112 valence electrons. The standard InChI is InChI=1S/C15H20FN5/c1-9-3-6-14(10(2)7-9)21-15(18-19-20-21)12-5-4-11(17)8-13(12)16/h4-5,8-10,14H,3,6-7,17H2,1-2H3. The predicted molar refractivity (Wildman–Crippen MR) is 78.8 cm³/mol. The number of aromatic nitrogens is 4. The van der Waals surface area contributed by atoms with Crippen molar-refractivity contribution in [3.05, 3.63) is 24.0 Å². The Morgan fingerprint density at radius 2 is 2.10 bits per heavy atom. The van der Waals surface area contributed by atoms with Gasteiger partial charge in [-0.15, -0.1) is 5.10 Å². The summed E-state index contributed by atoms with van der Waals surface area (Å²) in [6.07, 6.45) is 3.32. The number of halogens is 1. The summed E-state index contributed by atoms with van der Waals surface area (Å²) in [5.74, 6) is 1.30. The molecule has 3 unspecified atom stereocenters. The van der Waals surface area contributed by atoms with Crippen LogP contribution in [0.3, 0.4) is 0 Å². The number of anilines is 1. The van der Waals surface area contributed by atoms with E-state index in [0.717, 1.165) is 25.2 Å². The normalized spacial score (nSPS) is 26.0. The second-order valence-corrected chi connectivity index (χ2v) is 6.15. The minimum atomic E-state index is -0.386. The van der Waals surface area contributed by atoms with Crippen LogP contribution in [0.1, 0.15) is 39.2 Å². The lowest BCUT2D eigenvalue weighted by Gasteiger charge is -2.32. The van der Waals surface area contributed by atoms with Gasteiger partial charge >= 0.3 is 0 Å². The Labute approximate surface area is 123 Å². The van der Waals surface area contributed by atoms with Gasteiger partial charge in [-0.2, -0.15) is 0 Å². The van der Waals surface area contributed by atoms with Crippen molar-refractivity contribution in [2.24, 2.45) is 11.8 Å². The second kappa shape index (κ2) is 5.42. The third kappa shape index (κ3) is 2.62. The summed E-state index contributed by atoms with van der Waals surface area (Å²) < 4.78 is 15.9. The van der Waals surface area contributed by atoms with Crippen molar-refractivity contribution in [2.75, 3.05) is 5.73 Å². The van der Waals surface area contributed by atoms with Gasteiger partial charge in [-0.1, -0.05) is 13.8 Å². The maximum Gasteiger partial charge on any atom is 0.185 e. The van der Waals surface area contributed by atoms with E-state index in [1.165, 1.54) is 6.07 Å². The predicted octanol–water partition coefficient (Wildman–Crippen LogP) is 3.06. The number of rotatable bonds is 2. The van der Waals surface area contributed by atoms with Crippen molar-refractivity contribution in [2.45, 2.75) is 39.2 Å². The molecule has 0 radical (unpaired) electrons. The molecule has 1 heterocycles. The lowest BCUT2D eigenvalue weighted by atomic mass is 9.80. The Balaban J connectivity index is 1.97. The Morgan fingerprint density at radius 1 is 1.29 bits per heavy atom. The van der Waals surface area contributed by atoms with Gasteiger partial charge < -0.3 is 5.73 Å². The lowest BCUT2D eigenvalue weighted by Crippen LogP contribution is -2.26. The summed E-state index contributed by atoms with van der Waals surface area (Å²) in [6.45, 7) is 4.48. The number of benzene rings is 1. The van der Waals surface area contributed by atoms with E-state index in [-0.39, 0.29) is 11.9 Å². The number of tetrazole rings is 1. The average Bonchev–Trinajstić information content (AvgIpc) is 2.87. The number of hydrogen-bond donors (Lipinski definition) is 1. The SMILES string of the molecule is CC1CCC(n2nnnc2-c2ccc(N)cc2F)C(C)C1. The fourth-order valence-corrected chi connectivity index (χ4v) is 3.32. The number of nitrogens with zero attached hydrogens (tertiary/aromatic N) is 4. The zero-order valence-electron chi connectivity index (χ0n) is 12.3. The summed E-state index contributed by atoms with van der Waals surface area (Å²) >= 11 is 0. The van der Waals surface area contributed by atoms with Crippen LogP contribution < -0.4 is 5.73 Å². The summed E-state index contributed by atoms with van der Waals surface area (Å²) in [5.41, 5.74) is 6.40. The van der Waals surface area contributed by atoms with Gasteiger partial charge in [-0.05, 0) is 59.7 Å². The first kappa shape index (κ1) is 14.0. The van der Waals surface area contributed by atoms with Gasteiger partial charge in [-0.25, -0.2) is 9.07 Å². The fourth-order valence-electron chi connectivity index (χ4n) is 3.32. The molecule has 6 heteroatoms. The summed E-state index contributed by atoms with van der Waals surface area (Å²) in [7, 11) is 0. The monoisotopic (exact) mass is 289 g/mol. The van der Waals surface area contributed by atoms with E-state index in [9.17, 15) is 4.39 Å². The molecule has 5 nitrogen and oxygen atoms in total. The van der Waals surface area contributed by atoms with Gasteiger partial charge in [0, 0.05) is 5.69 Å². The molecule has 1 aromatic heterocycles. The zero-order chi connectivity index (χ0) is 15.0. The van der Waals surface area contributed by atoms with Crippen LogP contribution in [-0.2, 0) is 0 Å². The van der Waals surface area contributed by atoms with E-state index in [4.69, 9.17) is 5.73 Å². The van der Waals surface area contributed by atoms with Crippen LogP contribution in [0.2, 0.25) is 0 Å². The quantitative estimate of drug-likeness (QED) is 0.863.